The Morgan fingerprint density at radius 1 is 1.20 bits per heavy atom. The Labute approximate surface area is 115 Å². The van der Waals surface area contributed by atoms with Crippen LogP contribution in [0.3, 0.4) is 0 Å². The Morgan fingerprint density at radius 2 is 1.90 bits per heavy atom. The summed E-state index contributed by atoms with van der Waals surface area (Å²) in [6, 6.07) is 1.87. The Kier molecular flexibility index (Phi) is 3.15. The molecule has 0 radical (unpaired) electrons. The molecule has 0 bridgehead atoms. The maximum atomic E-state index is 11.8. The van der Waals surface area contributed by atoms with Crippen LogP contribution in [0, 0.1) is 13.8 Å². The van der Waals surface area contributed by atoms with Gasteiger partial charge in [0.05, 0.1) is 18.9 Å². The van der Waals surface area contributed by atoms with Crippen LogP contribution < -0.4 is 16.3 Å². The van der Waals surface area contributed by atoms with Gasteiger partial charge in [0.25, 0.3) is 10.9 Å². The standard InChI is InChI=1S/C13H16N4O3/c1-8-7-9(2)17(14-8)11-10(12(18)13(11)19)15-16-3-5-20-6-4-16/h7,15H,3-6H2,1-2H3. The SMILES string of the molecule is Cc1cc(C)n(-c2c(NN3CCOCC3)c(=O)c2=O)n1. The number of hydrazine groups is 1. The predicted octanol–water partition coefficient (Wildman–Crippen LogP) is -0.256. The van der Waals surface area contributed by atoms with Crippen molar-refractivity contribution in [2.75, 3.05) is 31.7 Å². The van der Waals surface area contributed by atoms with Gasteiger partial charge in [-0.25, -0.2) is 9.69 Å². The van der Waals surface area contributed by atoms with Crippen LogP contribution in [-0.4, -0.2) is 41.1 Å². The Hall–Kier alpha value is -1.99. The molecule has 1 saturated heterocycles. The molecule has 0 amide bonds. The van der Waals surface area contributed by atoms with Crippen LogP contribution in [0.1, 0.15) is 11.4 Å². The van der Waals surface area contributed by atoms with Crippen molar-refractivity contribution in [1.82, 2.24) is 14.8 Å². The van der Waals surface area contributed by atoms with Crippen LogP contribution in [-0.2, 0) is 4.74 Å². The average Bonchev–Trinajstić information content (AvgIpc) is 2.77. The average molecular weight is 276 g/mol. The minimum Gasteiger partial charge on any atom is -0.379 e. The second-order valence-corrected chi connectivity index (χ2v) is 4.93. The van der Waals surface area contributed by atoms with E-state index in [0.717, 1.165) is 11.4 Å². The summed E-state index contributed by atoms with van der Waals surface area (Å²) in [6.45, 7) is 6.28. The highest BCUT2D eigenvalue weighted by molar-refractivity contribution is 5.66. The van der Waals surface area contributed by atoms with E-state index in [4.69, 9.17) is 4.74 Å². The maximum absolute atomic E-state index is 11.8. The summed E-state index contributed by atoms with van der Waals surface area (Å²) in [5, 5.41) is 6.15. The predicted molar refractivity (Wildman–Crippen MR) is 74.0 cm³/mol. The molecule has 7 nitrogen and oxygen atoms in total. The molecule has 1 fully saturated rings. The molecule has 0 aliphatic carbocycles. The minimum atomic E-state index is -0.494. The third kappa shape index (κ3) is 2.04. The highest BCUT2D eigenvalue weighted by Crippen LogP contribution is 2.17. The highest BCUT2D eigenvalue weighted by Gasteiger charge is 2.26. The zero-order valence-corrected chi connectivity index (χ0v) is 11.5. The molecule has 0 saturated carbocycles. The molecular weight excluding hydrogens is 260 g/mol. The smallest absolute Gasteiger partial charge is 0.255 e. The van der Waals surface area contributed by atoms with E-state index in [0.29, 0.717) is 37.7 Å². The first-order valence-corrected chi connectivity index (χ1v) is 6.54. The molecule has 0 unspecified atom stereocenters. The first-order valence-electron chi connectivity index (χ1n) is 6.54. The van der Waals surface area contributed by atoms with Gasteiger partial charge in [-0.1, -0.05) is 0 Å². The molecule has 1 aromatic heterocycles. The van der Waals surface area contributed by atoms with E-state index in [1.54, 1.807) is 0 Å². The summed E-state index contributed by atoms with van der Waals surface area (Å²) in [7, 11) is 0. The molecule has 2 heterocycles. The number of hydrogen-bond donors (Lipinski definition) is 1. The molecule has 0 spiro atoms. The molecule has 106 valence electrons. The molecule has 20 heavy (non-hydrogen) atoms. The van der Waals surface area contributed by atoms with Crippen LogP contribution in [0.5, 0.6) is 0 Å². The number of aromatic nitrogens is 2. The van der Waals surface area contributed by atoms with Crippen LogP contribution in [0.2, 0.25) is 0 Å². The molecule has 7 heteroatoms. The third-order valence-corrected chi connectivity index (χ3v) is 3.39. The minimum absolute atomic E-state index is 0.322. The summed E-state index contributed by atoms with van der Waals surface area (Å²) in [4.78, 5) is 23.6. The lowest BCUT2D eigenvalue weighted by Gasteiger charge is -2.29. The van der Waals surface area contributed by atoms with Crippen molar-refractivity contribution in [2.45, 2.75) is 13.8 Å². The first kappa shape index (κ1) is 13.0. The van der Waals surface area contributed by atoms with Crippen LogP contribution in [0.15, 0.2) is 15.7 Å². The highest BCUT2D eigenvalue weighted by atomic mass is 16.5. The van der Waals surface area contributed by atoms with Gasteiger partial charge in [-0.3, -0.25) is 9.59 Å². The second-order valence-electron chi connectivity index (χ2n) is 4.93. The van der Waals surface area contributed by atoms with Gasteiger partial charge in [0.15, 0.2) is 0 Å². The molecular formula is C13H16N4O3. The van der Waals surface area contributed by atoms with Gasteiger partial charge in [0.2, 0.25) is 0 Å². The van der Waals surface area contributed by atoms with Crippen molar-refractivity contribution in [3.63, 3.8) is 0 Å². The number of nitrogens with one attached hydrogen (secondary N) is 1. The Balaban J connectivity index is 1.93. The number of hydrogen-bond acceptors (Lipinski definition) is 6. The molecule has 3 rings (SSSR count). The van der Waals surface area contributed by atoms with Crippen LogP contribution >= 0.6 is 0 Å². The van der Waals surface area contributed by atoms with Gasteiger partial charge in [-0.15, -0.1) is 0 Å². The van der Waals surface area contributed by atoms with E-state index >= 15 is 0 Å². The van der Waals surface area contributed by atoms with Gasteiger partial charge in [0.1, 0.15) is 11.4 Å². The third-order valence-electron chi connectivity index (χ3n) is 3.39. The van der Waals surface area contributed by atoms with Gasteiger partial charge in [-0.2, -0.15) is 5.10 Å². The van der Waals surface area contributed by atoms with Crippen molar-refractivity contribution in [3.05, 3.63) is 37.9 Å². The molecule has 0 atom stereocenters. The fourth-order valence-electron chi connectivity index (χ4n) is 2.37. The van der Waals surface area contributed by atoms with E-state index in [-0.39, 0.29) is 0 Å². The number of ether oxygens (including phenoxy) is 1. The quantitative estimate of drug-likeness (QED) is 0.779. The molecule has 1 aliphatic rings. The number of morpholine rings is 1. The largest absolute Gasteiger partial charge is 0.379 e. The lowest BCUT2D eigenvalue weighted by Crippen LogP contribution is -2.47. The molecule has 1 N–H and O–H groups in total. The number of anilines is 1. The van der Waals surface area contributed by atoms with Crippen LogP contribution in [0.4, 0.5) is 5.69 Å². The summed E-state index contributed by atoms with van der Waals surface area (Å²) in [6.07, 6.45) is 0. The molecule has 1 aliphatic heterocycles. The molecule has 2 aromatic rings. The van der Waals surface area contributed by atoms with Crippen molar-refractivity contribution in [1.29, 1.82) is 0 Å². The lowest BCUT2D eigenvalue weighted by molar-refractivity contribution is 0.0496. The van der Waals surface area contributed by atoms with Crippen molar-refractivity contribution in [3.8, 4) is 5.69 Å². The topological polar surface area (TPSA) is 76.5 Å². The van der Waals surface area contributed by atoms with E-state index in [9.17, 15) is 9.59 Å². The number of rotatable bonds is 3. The second kappa shape index (κ2) is 4.84. The van der Waals surface area contributed by atoms with Crippen molar-refractivity contribution < 1.29 is 4.74 Å². The fraction of sp³-hybridized carbons (Fsp3) is 0.462. The van der Waals surface area contributed by atoms with Gasteiger partial charge >= 0.3 is 0 Å². The van der Waals surface area contributed by atoms with Crippen molar-refractivity contribution in [2.24, 2.45) is 0 Å². The van der Waals surface area contributed by atoms with Crippen LogP contribution in [0.25, 0.3) is 5.69 Å². The van der Waals surface area contributed by atoms with Crippen molar-refractivity contribution >= 4 is 5.69 Å². The zero-order chi connectivity index (χ0) is 14.3. The monoisotopic (exact) mass is 276 g/mol. The van der Waals surface area contributed by atoms with E-state index in [2.05, 4.69) is 10.5 Å². The van der Waals surface area contributed by atoms with Gasteiger partial charge in [0, 0.05) is 18.8 Å². The lowest BCUT2D eigenvalue weighted by atomic mass is 10.2. The Bertz CT molecular complexity index is 706. The zero-order valence-electron chi connectivity index (χ0n) is 11.5. The van der Waals surface area contributed by atoms with Gasteiger partial charge < -0.3 is 10.2 Å². The summed E-state index contributed by atoms with van der Waals surface area (Å²) < 4.78 is 6.78. The van der Waals surface area contributed by atoms with E-state index in [1.807, 2.05) is 24.9 Å². The van der Waals surface area contributed by atoms with E-state index in [1.165, 1.54) is 4.68 Å². The number of aryl methyl sites for hydroxylation is 2. The normalized spacial score (nSPS) is 16.7. The van der Waals surface area contributed by atoms with E-state index < -0.39 is 10.9 Å². The molecule has 1 aromatic carbocycles. The summed E-state index contributed by atoms with van der Waals surface area (Å²) in [5.74, 6) is 0. The summed E-state index contributed by atoms with van der Waals surface area (Å²) in [5.41, 5.74) is 4.34. The fourth-order valence-corrected chi connectivity index (χ4v) is 2.37. The van der Waals surface area contributed by atoms with Gasteiger partial charge in [-0.05, 0) is 19.9 Å². The summed E-state index contributed by atoms with van der Waals surface area (Å²) >= 11 is 0. The first-order chi connectivity index (χ1) is 9.58. The maximum Gasteiger partial charge on any atom is 0.255 e. The number of nitrogens with zero attached hydrogens (tertiary/aromatic N) is 3. The Morgan fingerprint density at radius 3 is 2.50 bits per heavy atom.